The van der Waals surface area contributed by atoms with Crippen LogP contribution < -0.4 is 4.90 Å². The topological polar surface area (TPSA) is 82.2 Å². The van der Waals surface area contributed by atoms with E-state index in [0.717, 1.165) is 22.3 Å². The van der Waals surface area contributed by atoms with Crippen LogP contribution in [0.1, 0.15) is 33.6 Å². The molecule has 0 radical (unpaired) electrons. The second kappa shape index (κ2) is 9.66. The molecule has 1 amide bonds. The summed E-state index contributed by atoms with van der Waals surface area (Å²) in [6.07, 6.45) is 2.48. The van der Waals surface area contributed by atoms with Crippen molar-refractivity contribution in [3.8, 4) is 0 Å². The monoisotopic (exact) mass is 471 g/mol. The molecule has 0 saturated carbocycles. The SMILES string of the molecule is Cc1ccc(C(=O)c2cc3c(N4CCN(C(=O)CCc5ccc(F)cc5)CC4)ncnc3[nH]2)cc1. The van der Waals surface area contributed by atoms with Gasteiger partial charge in [-0.2, -0.15) is 0 Å². The molecule has 5 rings (SSSR count). The lowest BCUT2D eigenvalue weighted by molar-refractivity contribution is -0.131. The van der Waals surface area contributed by atoms with Gasteiger partial charge >= 0.3 is 0 Å². The first kappa shape index (κ1) is 22.7. The first-order chi connectivity index (χ1) is 17.0. The number of anilines is 1. The number of rotatable bonds is 6. The molecule has 1 fully saturated rings. The number of fused-ring (bicyclic) bond motifs is 1. The van der Waals surface area contributed by atoms with E-state index in [4.69, 9.17) is 0 Å². The summed E-state index contributed by atoms with van der Waals surface area (Å²) in [6.45, 7) is 4.44. The minimum atomic E-state index is -0.274. The average Bonchev–Trinajstić information content (AvgIpc) is 3.33. The average molecular weight is 472 g/mol. The lowest BCUT2D eigenvalue weighted by Gasteiger charge is -2.35. The van der Waals surface area contributed by atoms with Crippen LogP contribution in [0.5, 0.6) is 0 Å². The molecule has 2 aromatic heterocycles. The van der Waals surface area contributed by atoms with Gasteiger partial charge < -0.3 is 14.8 Å². The van der Waals surface area contributed by atoms with Crippen molar-refractivity contribution >= 4 is 28.5 Å². The molecule has 0 unspecified atom stereocenters. The van der Waals surface area contributed by atoms with Crippen molar-refractivity contribution in [2.75, 3.05) is 31.1 Å². The van der Waals surface area contributed by atoms with E-state index in [1.807, 2.05) is 42.2 Å². The fourth-order valence-corrected chi connectivity index (χ4v) is 4.39. The smallest absolute Gasteiger partial charge is 0.223 e. The summed E-state index contributed by atoms with van der Waals surface area (Å²) >= 11 is 0. The number of piperazine rings is 1. The van der Waals surface area contributed by atoms with E-state index in [1.54, 1.807) is 12.1 Å². The van der Waals surface area contributed by atoms with Crippen molar-refractivity contribution in [1.82, 2.24) is 19.9 Å². The molecule has 1 saturated heterocycles. The van der Waals surface area contributed by atoms with Crippen LogP contribution in [0.15, 0.2) is 60.9 Å². The Morgan fingerprint density at radius 2 is 1.69 bits per heavy atom. The predicted molar refractivity (Wildman–Crippen MR) is 132 cm³/mol. The zero-order chi connectivity index (χ0) is 24.4. The second-order valence-corrected chi connectivity index (χ2v) is 8.83. The van der Waals surface area contributed by atoms with Gasteiger partial charge in [-0.15, -0.1) is 0 Å². The molecule has 178 valence electrons. The number of ketones is 1. The fourth-order valence-electron chi connectivity index (χ4n) is 4.39. The first-order valence-electron chi connectivity index (χ1n) is 11.7. The maximum Gasteiger partial charge on any atom is 0.223 e. The second-order valence-electron chi connectivity index (χ2n) is 8.83. The molecule has 7 nitrogen and oxygen atoms in total. The van der Waals surface area contributed by atoms with E-state index in [-0.39, 0.29) is 17.5 Å². The number of halogens is 1. The number of carbonyl (C=O) groups excluding carboxylic acids is 2. The lowest BCUT2D eigenvalue weighted by atomic mass is 10.1. The van der Waals surface area contributed by atoms with Gasteiger partial charge in [-0.1, -0.05) is 42.0 Å². The lowest BCUT2D eigenvalue weighted by Crippen LogP contribution is -2.49. The normalized spacial score (nSPS) is 13.9. The number of benzene rings is 2. The maximum absolute atomic E-state index is 13.1. The van der Waals surface area contributed by atoms with Gasteiger partial charge in [0.2, 0.25) is 11.7 Å². The molecule has 3 heterocycles. The molecule has 0 bridgehead atoms. The standard InChI is InChI=1S/C27H26FN5O2/c1-18-2-7-20(8-3-18)25(35)23-16-22-26(31-23)29-17-30-27(22)33-14-12-32(13-15-33)24(34)11-6-19-4-9-21(28)10-5-19/h2-5,7-10,16-17H,6,11-15H2,1H3,(H,29,30,31). The molecule has 4 aromatic rings. The molecule has 1 aliphatic heterocycles. The van der Waals surface area contributed by atoms with Crippen LogP contribution in [0.4, 0.5) is 10.2 Å². The molecular weight excluding hydrogens is 445 g/mol. The quantitative estimate of drug-likeness (QED) is 0.431. The van der Waals surface area contributed by atoms with Crippen LogP contribution in [0, 0.1) is 12.7 Å². The van der Waals surface area contributed by atoms with Crippen LogP contribution in [0.25, 0.3) is 11.0 Å². The van der Waals surface area contributed by atoms with Gasteiger partial charge in [-0.25, -0.2) is 14.4 Å². The van der Waals surface area contributed by atoms with E-state index < -0.39 is 0 Å². The highest BCUT2D eigenvalue weighted by atomic mass is 19.1. The number of amides is 1. The zero-order valence-corrected chi connectivity index (χ0v) is 19.5. The number of carbonyl (C=O) groups is 2. The fraction of sp³-hybridized carbons (Fsp3) is 0.259. The number of aryl methyl sites for hydroxylation is 2. The van der Waals surface area contributed by atoms with Gasteiger partial charge in [0.15, 0.2) is 0 Å². The van der Waals surface area contributed by atoms with Crippen molar-refractivity contribution in [3.05, 3.63) is 89.1 Å². The van der Waals surface area contributed by atoms with E-state index in [2.05, 4.69) is 19.9 Å². The van der Waals surface area contributed by atoms with Crippen molar-refractivity contribution < 1.29 is 14.0 Å². The minimum absolute atomic E-state index is 0.0921. The molecule has 0 atom stereocenters. The van der Waals surface area contributed by atoms with Gasteiger partial charge in [0.1, 0.15) is 23.6 Å². The highest BCUT2D eigenvalue weighted by molar-refractivity contribution is 6.10. The molecule has 35 heavy (non-hydrogen) atoms. The highest BCUT2D eigenvalue weighted by Crippen LogP contribution is 2.26. The number of nitrogens with zero attached hydrogens (tertiary/aromatic N) is 4. The van der Waals surface area contributed by atoms with Gasteiger partial charge in [0.05, 0.1) is 11.1 Å². The third-order valence-electron chi connectivity index (χ3n) is 6.44. The minimum Gasteiger partial charge on any atom is -0.352 e. The number of hydrogen-bond donors (Lipinski definition) is 1. The van der Waals surface area contributed by atoms with E-state index in [0.29, 0.717) is 55.9 Å². The number of hydrogen-bond acceptors (Lipinski definition) is 5. The highest BCUT2D eigenvalue weighted by Gasteiger charge is 2.24. The van der Waals surface area contributed by atoms with Crippen LogP contribution in [-0.2, 0) is 11.2 Å². The maximum atomic E-state index is 13.1. The Hall–Kier alpha value is -4.07. The summed E-state index contributed by atoms with van der Waals surface area (Å²) in [7, 11) is 0. The molecule has 0 spiro atoms. The Morgan fingerprint density at radius 1 is 0.971 bits per heavy atom. The largest absolute Gasteiger partial charge is 0.352 e. The van der Waals surface area contributed by atoms with Gasteiger partial charge in [0.25, 0.3) is 0 Å². The summed E-state index contributed by atoms with van der Waals surface area (Å²) in [5.74, 6) is 0.483. The van der Waals surface area contributed by atoms with E-state index in [9.17, 15) is 14.0 Å². The van der Waals surface area contributed by atoms with E-state index in [1.165, 1.54) is 18.5 Å². The predicted octanol–water partition coefficient (Wildman–Crippen LogP) is 3.92. The molecular formula is C27H26FN5O2. The van der Waals surface area contributed by atoms with Gasteiger partial charge in [-0.3, -0.25) is 9.59 Å². The van der Waals surface area contributed by atoms with Crippen molar-refractivity contribution in [2.45, 2.75) is 19.8 Å². The number of aromatic amines is 1. The van der Waals surface area contributed by atoms with E-state index >= 15 is 0 Å². The summed E-state index contributed by atoms with van der Waals surface area (Å²) in [5.41, 5.74) is 3.75. The number of nitrogens with one attached hydrogen (secondary N) is 1. The summed E-state index contributed by atoms with van der Waals surface area (Å²) in [6, 6.07) is 15.6. The Bertz CT molecular complexity index is 1360. The van der Waals surface area contributed by atoms with Crippen LogP contribution in [-0.4, -0.2) is 57.7 Å². The Balaban J connectivity index is 1.25. The zero-order valence-electron chi connectivity index (χ0n) is 19.5. The molecule has 8 heteroatoms. The summed E-state index contributed by atoms with van der Waals surface area (Å²) < 4.78 is 13.1. The third-order valence-corrected chi connectivity index (χ3v) is 6.44. The van der Waals surface area contributed by atoms with Crippen LogP contribution in [0.2, 0.25) is 0 Å². The van der Waals surface area contributed by atoms with Crippen molar-refractivity contribution in [3.63, 3.8) is 0 Å². The Labute approximate surface area is 202 Å². The van der Waals surface area contributed by atoms with Gasteiger partial charge in [0, 0.05) is 38.2 Å². The molecule has 0 aliphatic carbocycles. The van der Waals surface area contributed by atoms with Crippen molar-refractivity contribution in [1.29, 1.82) is 0 Å². The molecule has 1 aliphatic rings. The third kappa shape index (κ3) is 4.91. The summed E-state index contributed by atoms with van der Waals surface area (Å²) in [4.78, 5) is 41.6. The number of H-pyrrole nitrogens is 1. The van der Waals surface area contributed by atoms with Gasteiger partial charge in [-0.05, 0) is 37.1 Å². The molecule has 1 N–H and O–H groups in total. The molecule has 2 aromatic carbocycles. The first-order valence-corrected chi connectivity index (χ1v) is 11.7. The van der Waals surface area contributed by atoms with Crippen molar-refractivity contribution in [2.24, 2.45) is 0 Å². The Kier molecular flexibility index (Phi) is 6.27. The van der Waals surface area contributed by atoms with Crippen LogP contribution >= 0.6 is 0 Å². The number of aromatic nitrogens is 3. The summed E-state index contributed by atoms with van der Waals surface area (Å²) in [5, 5.41) is 0.791. The Morgan fingerprint density at radius 3 is 2.40 bits per heavy atom. The van der Waals surface area contributed by atoms with Crippen LogP contribution in [0.3, 0.4) is 0 Å².